The zero-order valence-corrected chi connectivity index (χ0v) is 48.1. The number of hydrogen-bond donors (Lipinski definition) is 6. The van der Waals surface area contributed by atoms with E-state index >= 15 is 0 Å². The highest BCUT2D eigenvalue weighted by molar-refractivity contribution is 5.80. The summed E-state index contributed by atoms with van der Waals surface area (Å²) < 4.78 is 17.6. The first kappa shape index (κ1) is 70.6. The van der Waals surface area contributed by atoms with Crippen LogP contribution in [0.2, 0.25) is 0 Å². The highest BCUT2D eigenvalue weighted by atomic mass is 16.7. The van der Waals surface area contributed by atoms with Crippen LogP contribution >= 0.6 is 0 Å². The van der Waals surface area contributed by atoms with Crippen molar-refractivity contribution in [1.29, 1.82) is 0 Å². The van der Waals surface area contributed by atoms with Gasteiger partial charge in [-0.25, -0.2) is 0 Å². The van der Waals surface area contributed by atoms with Crippen LogP contribution < -0.4 is 5.32 Å². The number of unbranched alkanes of at least 4 members (excludes halogenated alkanes) is 22. The minimum absolute atomic E-state index is 0.0788. The number of rotatable bonds is 50. The second-order valence-electron chi connectivity index (χ2n) is 20.7. The number of aliphatic hydroxyl groups excluding tert-OH is 5. The summed E-state index contributed by atoms with van der Waals surface area (Å²) in [7, 11) is 0. The quantitative estimate of drug-likeness (QED) is 0.0195. The Bertz CT molecular complexity index is 1600. The molecule has 8 unspecified atom stereocenters. The number of nitrogens with one attached hydrogen (secondary N) is 1. The average molecular weight is 1070 g/mol. The number of carbonyl (C=O) groups excluding carboxylic acids is 2. The van der Waals surface area contributed by atoms with E-state index in [1.807, 2.05) is 6.08 Å². The fourth-order valence-corrected chi connectivity index (χ4v) is 8.88. The van der Waals surface area contributed by atoms with Crippen LogP contribution in [0.5, 0.6) is 0 Å². The van der Waals surface area contributed by atoms with Crippen molar-refractivity contribution in [2.45, 2.75) is 288 Å². The molecule has 11 heteroatoms. The second-order valence-corrected chi connectivity index (χ2v) is 20.7. The van der Waals surface area contributed by atoms with E-state index in [4.69, 9.17) is 14.2 Å². The molecule has 0 aromatic carbocycles. The van der Waals surface area contributed by atoms with Gasteiger partial charge in [0, 0.05) is 6.42 Å². The summed E-state index contributed by atoms with van der Waals surface area (Å²) in [6.07, 6.45) is 58.7. The van der Waals surface area contributed by atoms with E-state index in [9.17, 15) is 35.1 Å². The van der Waals surface area contributed by atoms with E-state index < -0.39 is 67.4 Å². The molecule has 1 saturated heterocycles. The van der Waals surface area contributed by atoms with Crippen molar-refractivity contribution < 1.29 is 49.3 Å². The van der Waals surface area contributed by atoms with Gasteiger partial charge in [-0.2, -0.15) is 0 Å². The molecule has 436 valence electrons. The van der Waals surface area contributed by atoms with Crippen LogP contribution in [-0.4, -0.2) is 99.6 Å². The van der Waals surface area contributed by atoms with E-state index in [0.29, 0.717) is 12.8 Å². The number of hydrogen-bond acceptors (Lipinski definition) is 10. The normalized spacial score (nSPS) is 19.8. The lowest BCUT2D eigenvalue weighted by Gasteiger charge is -2.41. The Morgan fingerprint density at radius 2 is 0.947 bits per heavy atom. The topological polar surface area (TPSA) is 175 Å². The average Bonchev–Trinajstić information content (AvgIpc) is 3.42. The molecule has 0 spiro atoms. The summed E-state index contributed by atoms with van der Waals surface area (Å²) in [5.41, 5.74) is 0. The third kappa shape index (κ3) is 39.9. The van der Waals surface area contributed by atoms with E-state index in [-0.39, 0.29) is 19.4 Å². The number of aliphatic hydroxyl groups is 5. The fourth-order valence-electron chi connectivity index (χ4n) is 8.88. The predicted molar refractivity (Wildman–Crippen MR) is 315 cm³/mol. The first-order valence-corrected chi connectivity index (χ1v) is 30.5. The van der Waals surface area contributed by atoms with Crippen LogP contribution in [-0.2, 0) is 23.8 Å². The van der Waals surface area contributed by atoms with Gasteiger partial charge in [-0.1, -0.05) is 227 Å². The summed E-state index contributed by atoms with van der Waals surface area (Å²) in [5.74, 6) is -1.24. The van der Waals surface area contributed by atoms with Crippen LogP contribution in [0.3, 0.4) is 0 Å². The van der Waals surface area contributed by atoms with Gasteiger partial charge < -0.3 is 45.1 Å². The predicted octanol–water partition coefficient (Wildman–Crippen LogP) is 14.3. The van der Waals surface area contributed by atoms with Crippen LogP contribution in [0.4, 0.5) is 0 Å². The molecule has 6 N–H and O–H groups in total. The number of ether oxygens (including phenoxy) is 3. The largest absolute Gasteiger partial charge is 0.454 e. The molecule has 0 bridgehead atoms. The number of amides is 1. The van der Waals surface area contributed by atoms with Gasteiger partial charge in [-0.05, 0) is 103 Å². The molecule has 8 atom stereocenters. The van der Waals surface area contributed by atoms with Gasteiger partial charge in [-0.3, -0.25) is 9.59 Å². The molecule has 0 saturated carbocycles. The van der Waals surface area contributed by atoms with Gasteiger partial charge in [0.2, 0.25) is 5.91 Å². The van der Waals surface area contributed by atoms with Crippen molar-refractivity contribution in [3.8, 4) is 0 Å². The number of esters is 1. The van der Waals surface area contributed by atoms with Gasteiger partial charge in [0.1, 0.15) is 24.4 Å². The smallest absolute Gasteiger partial charge is 0.306 e. The van der Waals surface area contributed by atoms with Crippen molar-refractivity contribution in [2.75, 3.05) is 13.2 Å². The second kappa shape index (κ2) is 52.3. The van der Waals surface area contributed by atoms with Gasteiger partial charge in [-0.15, -0.1) is 0 Å². The Morgan fingerprint density at radius 3 is 1.45 bits per heavy atom. The Balaban J connectivity index is 2.73. The van der Waals surface area contributed by atoms with Crippen molar-refractivity contribution in [3.05, 3.63) is 97.2 Å². The van der Waals surface area contributed by atoms with Crippen molar-refractivity contribution >= 4 is 11.9 Å². The Morgan fingerprint density at radius 1 is 0.526 bits per heavy atom. The number of carbonyl (C=O) groups is 2. The van der Waals surface area contributed by atoms with Gasteiger partial charge >= 0.3 is 5.97 Å². The molecule has 1 aliphatic rings. The molecular weight excluding hydrogens is 955 g/mol. The SMILES string of the molecule is CC/C=C\C/C=C\C/C=C\C/C=C\C/C=C\CCCCCC(=O)OC1C(OCC(NC(=O)C(O)CCCCCCCC/C=C\C/C=C\CCCCC)C(O)/C=C/CCCCCCCCCCCC)OC(CO)C(O)C1O. The van der Waals surface area contributed by atoms with Crippen LogP contribution in [0.1, 0.15) is 239 Å². The number of allylic oxidation sites excluding steroid dienone is 15. The van der Waals surface area contributed by atoms with Crippen molar-refractivity contribution in [1.82, 2.24) is 5.32 Å². The summed E-state index contributed by atoms with van der Waals surface area (Å²) in [6.45, 7) is 5.61. The molecule has 0 radical (unpaired) electrons. The van der Waals surface area contributed by atoms with Gasteiger partial charge in [0.05, 0.1) is 25.4 Å². The molecular formula is C65H111NO10. The first-order chi connectivity index (χ1) is 37.2. The molecule has 1 heterocycles. The van der Waals surface area contributed by atoms with Crippen LogP contribution in [0, 0.1) is 0 Å². The maximum Gasteiger partial charge on any atom is 0.306 e. The molecule has 0 aliphatic carbocycles. The third-order valence-electron chi connectivity index (χ3n) is 13.7. The lowest BCUT2D eigenvalue weighted by atomic mass is 9.99. The van der Waals surface area contributed by atoms with E-state index in [1.54, 1.807) is 6.08 Å². The zero-order valence-electron chi connectivity index (χ0n) is 48.1. The minimum atomic E-state index is -1.63. The third-order valence-corrected chi connectivity index (χ3v) is 13.7. The fraction of sp³-hybridized carbons (Fsp3) is 0.723. The molecule has 1 rings (SSSR count). The Kier molecular flexibility index (Phi) is 48.6. The van der Waals surface area contributed by atoms with E-state index in [0.717, 1.165) is 122 Å². The summed E-state index contributed by atoms with van der Waals surface area (Å²) >= 11 is 0. The molecule has 76 heavy (non-hydrogen) atoms. The van der Waals surface area contributed by atoms with Gasteiger partial charge in [0.25, 0.3) is 0 Å². The lowest BCUT2D eigenvalue weighted by Crippen LogP contribution is -2.61. The highest BCUT2D eigenvalue weighted by Gasteiger charge is 2.47. The van der Waals surface area contributed by atoms with Crippen molar-refractivity contribution in [2.24, 2.45) is 0 Å². The molecule has 0 aromatic rings. The monoisotopic (exact) mass is 1070 g/mol. The standard InChI is InChI=1S/C65H111NO10/c1-4-7-10-13-16-19-22-25-27-29-30-31-33-35-38-41-44-47-50-53-60(70)76-63-62(72)61(71)59(54-67)75-65(63)74-55-56(57(68)51-48-45-42-39-36-24-21-18-15-12-9-6-3)66-64(73)58(69)52-49-46-43-40-37-34-32-28-26-23-20-17-14-11-8-5-2/h7,10,16-17,19-20,25-28,30-31,35,38,48,51,56-59,61-63,65,67-69,71-72H,4-6,8-9,11-15,18,21-24,29,32-34,36-37,39-47,49-50,52-55H2,1-3H3,(H,66,73)/b10-7-,19-16-,20-17-,27-25-,28-26-,31-30-,38-35-,51-48+. The van der Waals surface area contributed by atoms with Gasteiger partial charge in [0.15, 0.2) is 12.4 Å². The van der Waals surface area contributed by atoms with Crippen molar-refractivity contribution in [3.63, 3.8) is 0 Å². The first-order valence-electron chi connectivity index (χ1n) is 30.5. The highest BCUT2D eigenvalue weighted by Crippen LogP contribution is 2.26. The minimum Gasteiger partial charge on any atom is -0.454 e. The van der Waals surface area contributed by atoms with Crippen LogP contribution in [0.25, 0.3) is 0 Å². The summed E-state index contributed by atoms with van der Waals surface area (Å²) in [4.78, 5) is 26.5. The zero-order chi connectivity index (χ0) is 55.4. The lowest BCUT2D eigenvalue weighted by molar-refractivity contribution is -0.305. The molecule has 1 aliphatic heterocycles. The van der Waals surface area contributed by atoms with Crippen LogP contribution in [0.15, 0.2) is 97.2 Å². The molecule has 1 amide bonds. The van der Waals surface area contributed by atoms with E-state index in [2.05, 4.69) is 111 Å². The summed E-state index contributed by atoms with van der Waals surface area (Å²) in [6, 6.07) is -1.04. The van der Waals surface area contributed by atoms with E-state index in [1.165, 1.54) is 70.6 Å². The molecule has 1 fully saturated rings. The maximum absolute atomic E-state index is 13.4. The Labute approximate surface area is 463 Å². The molecule has 11 nitrogen and oxygen atoms in total. The summed E-state index contributed by atoms with van der Waals surface area (Å²) in [5, 5.41) is 56.9. The Hall–Kier alpha value is -3.42. The molecule has 0 aromatic heterocycles. The maximum atomic E-state index is 13.4.